The summed E-state index contributed by atoms with van der Waals surface area (Å²) >= 11 is 0.973. The first kappa shape index (κ1) is 36.7. The van der Waals surface area contributed by atoms with Gasteiger partial charge in [-0.3, -0.25) is 34.2 Å². The van der Waals surface area contributed by atoms with Gasteiger partial charge in [0.05, 0.1) is 15.5 Å². The Morgan fingerprint density at radius 2 is 1.59 bits per heavy atom. The van der Waals surface area contributed by atoms with Crippen LogP contribution in [0, 0.1) is 10.1 Å². The summed E-state index contributed by atoms with van der Waals surface area (Å²) in [5.41, 5.74) is 3.76. The average Bonchev–Trinajstić information content (AvgIpc) is 3.72. The molecule has 1 aliphatic rings. The van der Waals surface area contributed by atoms with E-state index in [1.165, 1.54) is 22.6 Å². The lowest BCUT2D eigenvalue weighted by Crippen LogP contribution is -2.29. The molecule has 15 heteroatoms. The molecule has 5 rings (SSSR count). The van der Waals surface area contributed by atoms with Crippen molar-refractivity contribution in [3.8, 4) is 0 Å². The third kappa shape index (κ3) is 10.0. The molecule has 4 amide bonds. The van der Waals surface area contributed by atoms with Gasteiger partial charge in [0, 0.05) is 43.4 Å². The van der Waals surface area contributed by atoms with Crippen molar-refractivity contribution in [3.63, 3.8) is 0 Å². The van der Waals surface area contributed by atoms with Gasteiger partial charge in [-0.25, -0.2) is 4.63 Å². The fourth-order valence-corrected chi connectivity index (χ4v) is 6.30. The number of benzene rings is 3. The molecule has 14 nitrogen and oxygen atoms in total. The zero-order valence-electron chi connectivity index (χ0n) is 28.2. The zero-order chi connectivity index (χ0) is 36.2. The number of hydrogen-bond donors (Lipinski definition) is 3. The molecule has 1 fully saturated rings. The maximum absolute atomic E-state index is 12.7. The third-order valence-corrected chi connectivity index (χ3v) is 9.23. The molecule has 266 valence electrons. The highest BCUT2D eigenvalue weighted by Gasteiger charge is 2.34. The Morgan fingerprint density at radius 1 is 0.882 bits per heavy atom. The molecule has 1 saturated heterocycles. The van der Waals surface area contributed by atoms with Crippen molar-refractivity contribution >= 4 is 68.9 Å². The lowest BCUT2D eigenvalue weighted by atomic mass is 10.1. The van der Waals surface area contributed by atoms with E-state index < -0.39 is 4.92 Å². The van der Waals surface area contributed by atoms with Crippen LogP contribution in [0.5, 0.6) is 0 Å². The number of nitro groups is 1. The number of amides is 4. The fourth-order valence-electron chi connectivity index (χ4n) is 5.44. The van der Waals surface area contributed by atoms with Crippen LogP contribution < -0.4 is 16.0 Å². The molecule has 0 radical (unpaired) electrons. The van der Waals surface area contributed by atoms with Crippen LogP contribution in [-0.2, 0) is 16.0 Å². The van der Waals surface area contributed by atoms with Gasteiger partial charge < -0.3 is 16.0 Å². The van der Waals surface area contributed by atoms with Crippen molar-refractivity contribution in [1.82, 2.24) is 25.8 Å². The van der Waals surface area contributed by atoms with E-state index in [9.17, 15) is 29.3 Å². The number of unbranched alkanes of at least 4 members (excludes halogenated alkanes) is 4. The number of rotatable bonds is 18. The fraction of sp³-hybridized carbons (Fsp3) is 0.333. The number of aryl methyl sites for hydroxylation is 1. The zero-order valence-corrected chi connectivity index (χ0v) is 29.0. The lowest BCUT2D eigenvalue weighted by Gasteiger charge is -2.12. The number of carbonyl (C=O) groups is 4. The molecule has 51 heavy (non-hydrogen) atoms. The molecule has 3 aromatic carbocycles. The predicted octanol–water partition coefficient (Wildman–Crippen LogP) is 6.75. The molecule has 0 saturated carbocycles. The molecule has 0 bridgehead atoms. The number of anilines is 2. The van der Waals surface area contributed by atoms with Gasteiger partial charge in [-0.15, -0.1) is 0 Å². The molecule has 0 unspecified atom stereocenters. The molecule has 4 aromatic rings. The van der Waals surface area contributed by atoms with Gasteiger partial charge in [0.1, 0.15) is 0 Å². The number of imide groups is 1. The molecular weight excluding hydrogens is 675 g/mol. The largest absolute Gasteiger partial charge is 0.356 e. The van der Waals surface area contributed by atoms with Gasteiger partial charge in [0.25, 0.3) is 17.1 Å². The van der Waals surface area contributed by atoms with Gasteiger partial charge in [-0.2, -0.15) is 0 Å². The number of carbonyl (C=O) groups excluding carboxylic acids is 4. The number of fused-ring (bicyclic) bond motifs is 1. The minimum absolute atomic E-state index is 0.0231. The van der Waals surface area contributed by atoms with Crippen molar-refractivity contribution in [3.05, 3.63) is 92.4 Å². The summed E-state index contributed by atoms with van der Waals surface area (Å²) in [4.78, 5) is 62.3. The molecule has 0 aliphatic carbocycles. The van der Waals surface area contributed by atoms with E-state index in [2.05, 4.69) is 37.8 Å². The molecule has 1 aliphatic heterocycles. The summed E-state index contributed by atoms with van der Waals surface area (Å²) in [6.45, 7) is 3.46. The molecular formula is C36H39N7O7S. The van der Waals surface area contributed by atoms with Crippen molar-refractivity contribution in [2.45, 2.75) is 58.3 Å². The molecule has 0 atom stereocenters. The van der Waals surface area contributed by atoms with Crippen molar-refractivity contribution in [2.24, 2.45) is 0 Å². The minimum Gasteiger partial charge on any atom is -0.356 e. The van der Waals surface area contributed by atoms with Crippen molar-refractivity contribution < 1.29 is 28.7 Å². The first-order valence-corrected chi connectivity index (χ1v) is 17.7. The van der Waals surface area contributed by atoms with Crippen LogP contribution in [0.3, 0.4) is 0 Å². The number of aromatic nitrogens is 2. The predicted molar refractivity (Wildman–Crippen MR) is 194 cm³/mol. The van der Waals surface area contributed by atoms with Crippen LogP contribution in [0.1, 0.15) is 73.4 Å². The Morgan fingerprint density at radius 3 is 2.31 bits per heavy atom. The van der Waals surface area contributed by atoms with E-state index in [1.807, 2.05) is 24.3 Å². The SMILES string of the molecule is CCc1ccc(/C=C2\SC(=O)N(CCCCCNC(=O)CCCCCNC(=O)c3ccc(Nc4ccc([N+](=O)[O-])c5nonc45)cc3)C2=O)cc1. The Kier molecular flexibility index (Phi) is 12.9. The highest BCUT2D eigenvalue weighted by Crippen LogP contribution is 2.33. The summed E-state index contributed by atoms with van der Waals surface area (Å²) in [6.07, 6.45) is 7.53. The number of non-ortho nitro benzene ring substituents is 1. The summed E-state index contributed by atoms with van der Waals surface area (Å²) in [7, 11) is 0. The van der Waals surface area contributed by atoms with Crippen LogP contribution in [0.2, 0.25) is 0 Å². The second-order valence-corrected chi connectivity index (χ2v) is 13.0. The molecule has 1 aromatic heterocycles. The van der Waals surface area contributed by atoms with Gasteiger partial charge in [-0.05, 0) is 108 Å². The van der Waals surface area contributed by atoms with E-state index >= 15 is 0 Å². The second-order valence-electron chi connectivity index (χ2n) is 12.0. The van der Waals surface area contributed by atoms with E-state index in [1.54, 1.807) is 30.3 Å². The molecule has 3 N–H and O–H groups in total. The number of nitrogens with zero attached hydrogens (tertiary/aromatic N) is 4. The quantitative estimate of drug-likeness (QED) is 0.0428. The minimum atomic E-state index is -0.556. The van der Waals surface area contributed by atoms with Gasteiger partial charge >= 0.3 is 5.69 Å². The van der Waals surface area contributed by atoms with Crippen LogP contribution >= 0.6 is 11.8 Å². The summed E-state index contributed by atoms with van der Waals surface area (Å²) in [6, 6.07) is 17.5. The Bertz CT molecular complexity index is 1910. The number of hydrogen-bond acceptors (Lipinski definition) is 11. The van der Waals surface area contributed by atoms with Crippen molar-refractivity contribution in [1.29, 1.82) is 0 Å². The van der Waals surface area contributed by atoms with E-state index in [4.69, 9.17) is 0 Å². The third-order valence-electron chi connectivity index (χ3n) is 8.32. The van der Waals surface area contributed by atoms with Crippen LogP contribution in [0.15, 0.2) is 70.2 Å². The Labute approximate surface area is 298 Å². The monoisotopic (exact) mass is 713 g/mol. The number of nitrogens with one attached hydrogen (secondary N) is 3. The van der Waals surface area contributed by atoms with Crippen LogP contribution in [0.25, 0.3) is 17.1 Å². The number of thioether (sulfide) groups is 1. The van der Waals surface area contributed by atoms with Gasteiger partial charge in [-0.1, -0.05) is 37.6 Å². The van der Waals surface area contributed by atoms with Gasteiger partial charge in [0.2, 0.25) is 11.4 Å². The van der Waals surface area contributed by atoms with E-state index in [-0.39, 0.29) is 39.7 Å². The van der Waals surface area contributed by atoms with Gasteiger partial charge in [0.15, 0.2) is 5.52 Å². The topological polar surface area (TPSA) is 190 Å². The normalized spacial score (nSPS) is 13.6. The first-order chi connectivity index (χ1) is 24.7. The second kappa shape index (κ2) is 17.9. The summed E-state index contributed by atoms with van der Waals surface area (Å²) in [5, 5.41) is 27.2. The van der Waals surface area contributed by atoms with Crippen LogP contribution in [0.4, 0.5) is 21.9 Å². The Balaban J connectivity index is 0.903. The lowest BCUT2D eigenvalue weighted by molar-refractivity contribution is -0.383. The highest BCUT2D eigenvalue weighted by atomic mass is 32.2. The maximum atomic E-state index is 12.7. The molecule has 2 heterocycles. The Hall–Kier alpha value is -5.57. The first-order valence-electron chi connectivity index (χ1n) is 16.9. The summed E-state index contributed by atoms with van der Waals surface area (Å²) < 4.78 is 4.69. The average molecular weight is 714 g/mol. The number of nitro benzene ring substituents is 1. The smallest absolute Gasteiger partial charge is 0.300 e. The standard InChI is InChI=1S/C36H39N7O7S/c1-2-24-10-12-25(13-11-24)23-30-35(46)42(36(47)51-30)22-8-4-7-20-37-31(44)9-5-3-6-21-38-34(45)26-14-16-27(17-15-26)39-28-18-19-29(43(48)49)33-32(28)40-50-41-33/h10-19,23,39H,2-9,20-22H2,1H3,(H,37,44)(H,38,45)/b30-23-. The van der Waals surface area contributed by atoms with Crippen LogP contribution in [-0.4, -0.2) is 62.7 Å². The molecule has 0 spiro atoms. The van der Waals surface area contributed by atoms with E-state index in [0.29, 0.717) is 60.7 Å². The van der Waals surface area contributed by atoms with Crippen molar-refractivity contribution in [2.75, 3.05) is 25.0 Å². The van der Waals surface area contributed by atoms with E-state index in [0.717, 1.165) is 49.4 Å². The summed E-state index contributed by atoms with van der Waals surface area (Å²) in [5.74, 6) is -0.495. The maximum Gasteiger partial charge on any atom is 0.300 e. The highest BCUT2D eigenvalue weighted by molar-refractivity contribution is 8.18.